The van der Waals surface area contributed by atoms with Gasteiger partial charge in [-0.3, -0.25) is 23.5 Å². The summed E-state index contributed by atoms with van der Waals surface area (Å²) in [6, 6.07) is 9.44. The number of H-pyrrole nitrogens is 1. The van der Waals surface area contributed by atoms with Crippen LogP contribution in [0.25, 0.3) is 20.4 Å². The van der Waals surface area contributed by atoms with Crippen molar-refractivity contribution in [3.63, 3.8) is 0 Å². The highest BCUT2D eigenvalue weighted by molar-refractivity contribution is 7.99. The Kier molecular flexibility index (Phi) is 6.64. The molecule has 2 aliphatic carbocycles. The molecular weight excluding hydrogens is 619 g/mol. The molecule has 3 unspecified atom stereocenters. The van der Waals surface area contributed by atoms with E-state index in [1.807, 2.05) is 48.7 Å². The number of nitrogens with one attached hydrogen (secondary N) is 2. The normalized spacial score (nSPS) is 21.4. The largest absolute Gasteiger partial charge is 0.323 e. The highest BCUT2D eigenvalue weighted by Crippen LogP contribution is 2.54. The van der Waals surface area contributed by atoms with Crippen LogP contribution in [0.15, 0.2) is 45.1 Å². The number of rotatable bonds is 7. The topological polar surface area (TPSA) is 102 Å². The van der Waals surface area contributed by atoms with E-state index in [1.54, 1.807) is 15.9 Å². The minimum Gasteiger partial charge on any atom is -0.323 e. The standard InChI is InChI=1S/C31H29N5O3S4/c1-14-15(2)42-26-22(14)28(38)36(31(34-26)41-13-21(37)16-6-4-3-5-7-16)20-12-19(20)24-25-18(10-11-32-24)23-27(43-25)33-30(40)35(29(23)39)17-8-9-17/h3-7,17,19-20,24,32H,8-13H2,1-2H3,(H,33,40). The summed E-state index contributed by atoms with van der Waals surface area (Å²) in [5.41, 5.74) is 2.75. The Hall–Kier alpha value is -2.90. The van der Waals surface area contributed by atoms with E-state index in [0.717, 1.165) is 63.3 Å². The molecule has 0 amide bonds. The maximum atomic E-state index is 14.1. The number of fused-ring (bicyclic) bond motifs is 4. The monoisotopic (exact) mass is 647 g/mol. The van der Waals surface area contributed by atoms with Crippen molar-refractivity contribution in [2.24, 2.45) is 5.92 Å². The third-order valence-electron chi connectivity index (χ3n) is 9.04. The van der Waals surface area contributed by atoms with Gasteiger partial charge < -0.3 is 10.3 Å². The van der Waals surface area contributed by atoms with E-state index in [1.165, 1.54) is 28.0 Å². The number of aromatic nitrogens is 4. The smallest absolute Gasteiger partial charge is 0.263 e. The van der Waals surface area contributed by atoms with Crippen molar-refractivity contribution in [3.8, 4) is 0 Å². The number of ketones is 1. The Labute approximate surface area is 264 Å². The first kappa shape index (κ1) is 27.6. The SMILES string of the molecule is Cc1sc2nc(SCC(=O)c3ccccc3)n(C3CC3C3NCCc4c3sc3[nH]c(=S)n(C5CC5)c(=O)c43)c(=O)c2c1C. The van der Waals surface area contributed by atoms with Crippen molar-refractivity contribution < 1.29 is 4.79 Å². The van der Waals surface area contributed by atoms with Crippen LogP contribution in [0.1, 0.15) is 68.6 Å². The molecule has 3 atom stereocenters. The lowest BCUT2D eigenvalue weighted by molar-refractivity contribution is 0.102. The summed E-state index contributed by atoms with van der Waals surface area (Å²) in [6.07, 6.45) is 3.60. The number of carbonyl (C=O) groups is 1. The highest BCUT2D eigenvalue weighted by atomic mass is 32.2. The molecule has 3 aliphatic rings. The van der Waals surface area contributed by atoms with Crippen molar-refractivity contribution in [3.05, 3.63) is 82.3 Å². The van der Waals surface area contributed by atoms with Crippen LogP contribution in [0.4, 0.5) is 0 Å². The maximum Gasteiger partial charge on any atom is 0.263 e. The number of carbonyl (C=O) groups excluding carboxylic acids is 1. The number of aromatic amines is 1. The van der Waals surface area contributed by atoms with Crippen LogP contribution in [0.2, 0.25) is 0 Å². The fourth-order valence-electron chi connectivity index (χ4n) is 6.50. The molecule has 2 N–H and O–H groups in total. The first-order valence-electron chi connectivity index (χ1n) is 14.6. The first-order valence-corrected chi connectivity index (χ1v) is 17.6. The Morgan fingerprint density at radius 2 is 1.86 bits per heavy atom. The number of Topliss-reactive ketones (excluding diaryl/α,β-unsaturated/α-hetero) is 1. The number of thioether (sulfide) groups is 1. The molecule has 12 heteroatoms. The summed E-state index contributed by atoms with van der Waals surface area (Å²) in [5, 5.41) is 5.77. The molecule has 0 spiro atoms. The van der Waals surface area contributed by atoms with E-state index in [2.05, 4.69) is 10.3 Å². The van der Waals surface area contributed by atoms with Crippen LogP contribution in [-0.2, 0) is 6.42 Å². The lowest BCUT2D eigenvalue weighted by Gasteiger charge is -2.25. The van der Waals surface area contributed by atoms with E-state index < -0.39 is 0 Å². The van der Waals surface area contributed by atoms with E-state index >= 15 is 0 Å². The number of nitrogens with zero attached hydrogens (tertiary/aromatic N) is 3. The molecule has 0 radical (unpaired) electrons. The second kappa shape index (κ2) is 10.3. The second-order valence-electron chi connectivity index (χ2n) is 11.7. The van der Waals surface area contributed by atoms with Gasteiger partial charge in [0.15, 0.2) is 15.7 Å². The van der Waals surface area contributed by atoms with Crippen molar-refractivity contribution >= 4 is 72.9 Å². The fourth-order valence-corrected chi connectivity index (χ4v) is 10.3. The van der Waals surface area contributed by atoms with E-state index in [4.69, 9.17) is 17.2 Å². The average molecular weight is 648 g/mol. The summed E-state index contributed by atoms with van der Waals surface area (Å²) < 4.78 is 4.13. The molecule has 5 heterocycles. The molecule has 0 saturated heterocycles. The van der Waals surface area contributed by atoms with E-state index in [9.17, 15) is 14.4 Å². The lowest BCUT2D eigenvalue weighted by Crippen LogP contribution is -2.32. The van der Waals surface area contributed by atoms with E-state index in [-0.39, 0.29) is 46.7 Å². The third-order valence-corrected chi connectivity index (χ3v) is 12.6. The maximum absolute atomic E-state index is 14.1. The second-order valence-corrected chi connectivity index (χ2v) is 15.3. The minimum absolute atomic E-state index is 0.00969. The van der Waals surface area contributed by atoms with Gasteiger partial charge in [0, 0.05) is 39.4 Å². The minimum atomic E-state index is -0.0476. The molecule has 43 heavy (non-hydrogen) atoms. The summed E-state index contributed by atoms with van der Waals surface area (Å²) in [6.45, 7) is 4.78. The average Bonchev–Trinajstić information content (AvgIpc) is 3.92. The molecule has 5 aromatic rings. The van der Waals surface area contributed by atoms with Gasteiger partial charge in [-0.1, -0.05) is 42.1 Å². The zero-order chi connectivity index (χ0) is 29.6. The van der Waals surface area contributed by atoms with Gasteiger partial charge in [0.2, 0.25) is 0 Å². The Morgan fingerprint density at radius 1 is 1.09 bits per heavy atom. The Morgan fingerprint density at radius 3 is 2.63 bits per heavy atom. The molecule has 1 aliphatic heterocycles. The molecule has 0 bridgehead atoms. The molecule has 1 aromatic carbocycles. The molecule has 8 nitrogen and oxygen atoms in total. The van der Waals surface area contributed by atoms with Crippen LogP contribution in [0.5, 0.6) is 0 Å². The van der Waals surface area contributed by atoms with Crippen LogP contribution < -0.4 is 16.4 Å². The Bertz CT molecular complexity index is 2140. The molecule has 2 saturated carbocycles. The number of benzene rings is 1. The van der Waals surface area contributed by atoms with Crippen molar-refractivity contribution in [2.75, 3.05) is 12.3 Å². The molecule has 220 valence electrons. The zero-order valence-corrected chi connectivity index (χ0v) is 26.9. The van der Waals surface area contributed by atoms with Gasteiger partial charge in [0.1, 0.15) is 9.66 Å². The lowest BCUT2D eigenvalue weighted by atomic mass is 9.98. The van der Waals surface area contributed by atoms with Crippen molar-refractivity contribution in [1.29, 1.82) is 0 Å². The highest BCUT2D eigenvalue weighted by Gasteiger charge is 2.49. The van der Waals surface area contributed by atoms with Gasteiger partial charge in [0.05, 0.1) is 16.5 Å². The van der Waals surface area contributed by atoms with Crippen molar-refractivity contribution in [1.82, 2.24) is 24.4 Å². The fraction of sp³-hybridized carbons (Fsp3) is 0.387. The van der Waals surface area contributed by atoms with Crippen molar-refractivity contribution in [2.45, 2.75) is 62.8 Å². The Balaban J connectivity index is 1.17. The van der Waals surface area contributed by atoms with Gasteiger partial charge in [0.25, 0.3) is 11.1 Å². The van der Waals surface area contributed by atoms with Crippen LogP contribution >= 0.6 is 46.7 Å². The number of hydrogen-bond donors (Lipinski definition) is 2. The summed E-state index contributed by atoms with van der Waals surface area (Å²) in [4.78, 5) is 52.9. The zero-order valence-electron chi connectivity index (χ0n) is 23.6. The summed E-state index contributed by atoms with van der Waals surface area (Å²) in [7, 11) is 0. The van der Waals surface area contributed by atoms with Gasteiger partial charge in [-0.25, -0.2) is 4.98 Å². The molecule has 8 rings (SSSR count). The molecular formula is C31H29N5O3S4. The van der Waals surface area contributed by atoms with Gasteiger partial charge in [-0.05, 0) is 69.4 Å². The predicted molar refractivity (Wildman–Crippen MR) is 176 cm³/mol. The van der Waals surface area contributed by atoms with Crippen LogP contribution in [0, 0.1) is 24.5 Å². The van der Waals surface area contributed by atoms with E-state index in [0.29, 0.717) is 20.9 Å². The molecule has 2 fully saturated rings. The van der Waals surface area contributed by atoms with Gasteiger partial charge in [-0.2, -0.15) is 0 Å². The molecule has 4 aromatic heterocycles. The number of thiophene rings is 2. The van der Waals surface area contributed by atoms with Crippen LogP contribution in [-0.4, -0.2) is 37.2 Å². The summed E-state index contributed by atoms with van der Waals surface area (Å²) >= 11 is 10.1. The predicted octanol–water partition coefficient (Wildman–Crippen LogP) is 6.27. The number of hydrogen-bond acceptors (Lipinski definition) is 9. The summed E-state index contributed by atoms with van der Waals surface area (Å²) in [5.74, 6) is 0.384. The van der Waals surface area contributed by atoms with Gasteiger partial charge >= 0.3 is 0 Å². The third kappa shape index (κ3) is 4.52. The quantitative estimate of drug-likeness (QED) is 0.0930. The van der Waals surface area contributed by atoms with Gasteiger partial charge in [-0.15, -0.1) is 22.7 Å². The first-order chi connectivity index (χ1) is 20.8. The number of aryl methyl sites for hydroxylation is 2. The van der Waals surface area contributed by atoms with Crippen LogP contribution in [0.3, 0.4) is 0 Å².